The van der Waals surface area contributed by atoms with E-state index in [0.29, 0.717) is 114 Å². The molecule has 1 unspecified atom stereocenters. The molecule has 528 valence electrons. The monoisotopic (exact) mass is 1490 g/mol. The molecule has 0 saturated carbocycles. The lowest BCUT2D eigenvalue weighted by atomic mass is 10.1. The van der Waals surface area contributed by atoms with Gasteiger partial charge in [-0.15, -0.1) is 0 Å². The molecule has 3 aliphatic rings. The van der Waals surface area contributed by atoms with E-state index in [0.717, 1.165) is 90.4 Å². The van der Waals surface area contributed by atoms with E-state index >= 15 is 0 Å². The summed E-state index contributed by atoms with van der Waals surface area (Å²) in [6.45, 7) is 12.6. The van der Waals surface area contributed by atoms with Crippen molar-refractivity contribution in [3.8, 4) is 5.88 Å². The number of nitrogens with one attached hydrogen (secondary N) is 6. The van der Waals surface area contributed by atoms with Crippen molar-refractivity contribution in [1.82, 2.24) is 87.7 Å². The van der Waals surface area contributed by atoms with Gasteiger partial charge in [-0.1, -0.05) is 71.2 Å². The minimum atomic E-state index is -3.25. The van der Waals surface area contributed by atoms with Crippen LogP contribution in [0.25, 0.3) is 65.8 Å². The maximum absolute atomic E-state index is 12.3. The molecule has 29 nitrogen and oxygen atoms in total. The number of benzene rings is 3. The third kappa shape index (κ3) is 15.5. The highest BCUT2D eigenvalue weighted by Crippen LogP contribution is 2.39. The number of piperazine rings is 2. The Morgan fingerprint density at radius 3 is 1.35 bits per heavy atom. The van der Waals surface area contributed by atoms with E-state index in [-0.39, 0.29) is 30.3 Å². The van der Waals surface area contributed by atoms with Crippen LogP contribution in [0.4, 0.5) is 29.1 Å². The minimum Gasteiger partial charge on any atom is -0.474 e. The number of fused-ring (bicyclic) bond motifs is 6. The predicted octanol–water partition coefficient (Wildman–Crippen LogP) is 9.84. The Balaban J connectivity index is 0.000000135. The fourth-order valence-electron chi connectivity index (χ4n) is 12.7. The summed E-state index contributed by atoms with van der Waals surface area (Å²) >= 11 is 19.8. The first-order valence-corrected chi connectivity index (χ1v) is 39.4. The molecule has 101 heavy (non-hydrogen) atoms. The van der Waals surface area contributed by atoms with Crippen LogP contribution in [-0.4, -0.2) is 204 Å². The number of nitrogens with zero attached hydrogens (tertiary/aromatic N) is 17. The van der Waals surface area contributed by atoms with Crippen LogP contribution in [0.2, 0.25) is 15.1 Å². The van der Waals surface area contributed by atoms with E-state index in [9.17, 15) is 21.0 Å². The van der Waals surface area contributed by atoms with E-state index in [2.05, 4.69) is 91.4 Å². The smallest absolute Gasteiger partial charge is 0.223 e. The van der Waals surface area contributed by atoms with Gasteiger partial charge in [-0.25, -0.2) is 80.9 Å². The van der Waals surface area contributed by atoms with Gasteiger partial charge in [0.1, 0.15) is 53.3 Å². The Bertz CT molecular complexity index is 5410. The number of anilines is 5. The quantitative estimate of drug-likeness (QED) is 0.0490. The molecule has 12 aromatic rings. The molecule has 35 heteroatoms. The lowest BCUT2D eigenvalue weighted by Crippen LogP contribution is -2.53. The van der Waals surface area contributed by atoms with Gasteiger partial charge in [-0.2, -0.15) is 8.61 Å². The van der Waals surface area contributed by atoms with Crippen LogP contribution >= 0.6 is 34.8 Å². The molecular weight excluding hydrogens is 1410 g/mol. The Hall–Kier alpha value is -8.99. The molecule has 5 atom stereocenters. The van der Waals surface area contributed by atoms with Crippen LogP contribution in [0.3, 0.4) is 0 Å². The molecule has 0 spiro atoms. The van der Waals surface area contributed by atoms with Crippen molar-refractivity contribution in [2.24, 2.45) is 0 Å². The van der Waals surface area contributed by atoms with Crippen molar-refractivity contribution < 1.29 is 25.8 Å². The topological polar surface area (TPSA) is 349 Å². The fraction of sp³-hybridized carbons (Fsp3) is 0.348. The van der Waals surface area contributed by atoms with Crippen molar-refractivity contribution in [1.29, 1.82) is 0 Å². The van der Waals surface area contributed by atoms with Crippen LogP contribution in [0.1, 0.15) is 75.7 Å². The number of ether oxygens (including phenoxy) is 1. The number of rotatable bonds is 16. The molecule has 3 fully saturated rings. The second-order valence-electron chi connectivity index (χ2n) is 25.2. The third-order valence-electron chi connectivity index (χ3n) is 18.0. The highest BCUT2D eigenvalue weighted by Gasteiger charge is 2.33. The zero-order valence-corrected chi connectivity index (χ0v) is 60.9. The SMILES string of the molecule is C=S(C)(=O)N1CCC(Oc2nc([C@@H](C)Nc3ncnc4nc[nH]c34)cc3cccc(Cl)c23)CC1.C[C@@H](Nc1ncnc2nc[nH]c12)c1cc2cccc(Cl)c2c(N2CCN(S(C)(=O)=O)CC2)n1.C[C@H](Nc1ncnc2nc[nH]c12)c1cc2cccc(Cl)c2c(N2CCN(S(C)(=O)=O)C[C@@H]2C)n1. The average Bonchev–Trinajstić information content (AvgIpc) is 1.47. The fourth-order valence-corrected chi connectivity index (χ4v) is 16.2. The van der Waals surface area contributed by atoms with Gasteiger partial charge in [0, 0.05) is 91.7 Å². The number of hydrogen-bond acceptors (Lipinski definition) is 23. The van der Waals surface area contributed by atoms with Gasteiger partial charge in [0.05, 0.1) is 87.2 Å². The maximum Gasteiger partial charge on any atom is 0.223 e. The number of H-pyrrole nitrogens is 3. The highest BCUT2D eigenvalue weighted by molar-refractivity contribution is 7.97. The Kier molecular flexibility index (Phi) is 20.3. The number of halogens is 3. The Morgan fingerprint density at radius 1 is 0.505 bits per heavy atom. The van der Waals surface area contributed by atoms with Crippen LogP contribution in [0, 0.1) is 0 Å². The second-order valence-corrected chi connectivity index (χ2v) is 32.8. The number of aromatic amines is 3. The van der Waals surface area contributed by atoms with Crippen LogP contribution in [0.5, 0.6) is 5.88 Å². The predicted molar refractivity (Wildman–Crippen MR) is 400 cm³/mol. The summed E-state index contributed by atoms with van der Waals surface area (Å²) in [6, 6.07) is 22.7. The average molecular weight is 1490 g/mol. The number of hydrogen-bond donors (Lipinski definition) is 6. The summed E-state index contributed by atoms with van der Waals surface area (Å²) in [7, 11) is -8.68. The van der Waals surface area contributed by atoms with Crippen molar-refractivity contribution in [2.45, 2.75) is 70.8 Å². The minimum absolute atomic E-state index is 0.0463. The van der Waals surface area contributed by atoms with Crippen LogP contribution in [0.15, 0.2) is 111 Å². The van der Waals surface area contributed by atoms with Gasteiger partial charge in [-0.05, 0) is 99.0 Å². The maximum atomic E-state index is 12.3. The molecule has 0 bridgehead atoms. The zero-order valence-electron chi connectivity index (χ0n) is 56.2. The lowest BCUT2D eigenvalue weighted by molar-refractivity contribution is 0.133. The van der Waals surface area contributed by atoms with Gasteiger partial charge in [0.2, 0.25) is 25.9 Å². The standard InChI is InChI=1S/C23H26ClN7O2S.C22H25ClN8O2S.C21H23ClN8O2S/c1-14(29-22-20-21(26-12-25-20)27-13-28-22)18-11-15-5-4-6-17(24)19(15)23(30-18)33-16-7-9-31(10-8-16)34(2,3)32;1-13-10-30(34(3,32)33)7-8-31(13)22-18-15(5-4-6-16(18)23)9-17(29-22)14(2)28-21-19-20(25-11-24-19)26-12-27-21;1-13(27-20-18-19(24-11-23-18)25-12-26-20)16-10-14-4-3-5-15(22)17(14)21(28-16)29-6-8-30(9-7-29)33(2,31)32/h4-6,11-14,16H,2,7-10H2,1,3H3,(H2,25,26,27,28,29);4-6,9,11-14H,7-8,10H2,1-3H3,(H2,24,25,26,27,28);3-5,10-13H,6-9H2,1-2H3,(H2,23,24,25,26,27)/t14-,34?;13-,14-;13-/m101/s1. The van der Waals surface area contributed by atoms with E-state index in [4.69, 9.17) is 54.5 Å². The molecule has 15 rings (SSSR count). The molecule has 3 aromatic carbocycles. The Labute approximate surface area is 597 Å². The van der Waals surface area contributed by atoms with Gasteiger partial charge in [0.15, 0.2) is 34.4 Å². The second kappa shape index (κ2) is 29.2. The lowest BCUT2D eigenvalue weighted by Gasteiger charge is -2.40. The zero-order chi connectivity index (χ0) is 71.1. The summed E-state index contributed by atoms with van der Waals surface area (Å²) < 4.78 is 71.6. The molecule has 3 saturated heterocycles. The summed E-state index contributed by atoms with van der Waals surface area (Å²) in [5.74, 6) is 7.74. The number of aromatic nitrogens is 15. The number of imidazole rings is 3. The third-order valence-corrected chi connectivity index (χ3v) is 23.0. The number of sulfonamides is 2. The molecule has 12 heterocycles. The summed E-state index contributed by atoms with van der Waals surface area (Å²) in [4.78, 5) is 66.4. The van der Waals surface area contributed by atoms with E-state index in [1.165, 1.54) is 40.1 Å². The normalized spacial score (nSPS) is 17.7. The molecule has 9 aromatic heterocycles. The van der Waals surface area contributed by atoms with Crippen molar-refractivity contribution in [2.75, 3.05) is 103 Å². The largest absolute Gasteiger partial charge is 0.474 e. The first-order valence-electron chi connectivity index (χ1n) is 32.5. The molecule has 3 aliphatic heterocycles. The number of piperidine rings is 1. The van der Waals surface area contributed by atoms with E-state index < -0.39 is 29.8 Å². The van der Waals surface area contributed by atoms with E-state index in [1.807, 2.05) is 105 Å². The first kappa shape index (κ1) is 70.4. The van der Waals surface area contributed by atoms with Gasteiger partial charge < -0.3 is 45.4 Å². The molecule has 0 radical (unpaired) electrons. The van der Waals surface area contributed by atoms with Crippen LogP contribution in [-0.2, 0) is 29.8 Å². The number of pyridine rings is 3. The van der Waals surface area contributed by atoms with Crippen LogP contribution < -0.4 is 30.5 Å². The molecule has 6 N–H and O–H groups in total. The first-order chi connectivity index (χ1) is 48.3. The van der Waals surface area contributed by atoms with Crippen molar-refractivity contribution >= 4 is 165 Å². The Morgan fingerprint density at radius 2 is 0.911 bits per heavy atom. The van der Waals surface area contributed by atoms with Gasteiger partial charge >= 0.3 is 0 Å². The molecular formula is C66H74Cl3N23O6S3. The molecule has 0 amide bonds. The van der Waals surface area contributed by atoms with Gasteiger partial charge in [-0.3, -0.25) is 4.21 Å². The summed E-state index contributed by atoms with van der Waals surface area (Å²) in [5.41, 5.74) is 6.38. The van der Waals surface area contributed by atoms with Crippen molar-refractivity contribution in [3.05, 3.63) is 143 Å². The van der Waals surface area contributed by atoms with Crippen molar-refractivity contribution in [3.63, 3.8) is 0 Å². The van der Waals surface area contributed by atoms with E-state index in [1.54, 1.807) is 25.2 Å². The summed E-state index contributed by atoms with van der Waals surface area (Å²) in [6.07, 6.45) is 14.8. The van der Waals surface area contributed by atoms with Gasteiger partial charge in [0.25, 0.3) is 0 Å². The summed E-state index contributed by atoms with van der Waals surface area (Å²) in [5, 5.41) is 17.4. The molecule has 0 aliphatic carbocycles. The highest BCUT2D eigenvalue weighted by atomic mass is 35.5.